The van der Waals surface area contributed by atoms with E-state index in [9.17, 15) is 8.42 Å². The Kier molecular flexibility index (Phi) is 4.19. The van der Waals surface area contributed by atoms with Crippen molar-refractivity contribution in [3.63, 3.8) is 0 Å². The average molecular weight is 312 g/mol. The van der Waals surface area contributed by atoms with Crippen LogP contribution in [0.5, 0.6) is 0 Å². The van der Waals surface area contributed by atoms with Crippen LogP contribution in [-0.4, -0.2) is 45.0 Å². The van der Waals surface area contributed by atoms with E-state index >= 15 is 0 Å². The minimum absolute atomic E-state index is 0.0528. The second kappa shape index (κ2) is 5.47. The normalized spacial score (nSPS) is 18.0. The fourth-order valence-corrected chi connectivity index (χ4v) is 3.16. The summed E-state index contributed by atoms with van der Waals surface area (Å²) in [7, 11) is -3.71. The number of nitrogens with two attached hydrogens (primary N) is 2. The molecular weight excluding hydrogens is 288 g/mol. The lowest BCUT2D eigenvalue weighted by Gasteiger charge is -2.43. The largest absolute Gasteiger partial charge is 0.397 e. The lowest BCUT2D eigenvalue weighted by atomic mass is 10.0. The molecule has 2 rings (SSSR count). The molecule has 0 spiro atoms. The summed E-state index contributed by atoms with van der Waals surface area (Å²) >= 11 is 0. The van der Waals surface area contributed by atoms with E-state index in [-0.39, 0.29) is 10.4 Å². The number of rotatable bonds is 2. The molecule has 1 saturated heterocycles. The molecule has 0 radical (unpaired) electrons. The number of benzene rings is 1. The molecule has 21 heavy (non-hydrogen) atoms. The van der Waals surface area contributed by atoms with Crippen LogP contribution in [0.2, 0.25) is 0 Å². The van der Waals surface area contributed by atoms with E-state index in [1.165, 1.54) is 12.1 Å². The first-order chi connectivity index (χ1) is 9.59. The molecule has 1 aromatic rings. The molecule has 0 aliphatic carbocycles. The van der Waals surface area contributed by atoms with Crippen molar-refractivity contribution >= 4 is 21.4 Å². The third kappa shape index (κ3) is 3.66. The van der Waals surface area contributed by atoms with Crippen LogP contribution in [0.15, 0.2) is 23.1 Å². The molecule has 0 bridgehead atoms. The van der Waals surface area contributed by atoms with E-state index in [1.807, 2.05) is 0 Å². The van der Waals surface area contributed by atoms with Crippen LogP contribution < -0.4 is 15.8 Å². The summed E-state index contributed by atoms with van der Waals surface area (Å²) in [6, 6.07) is 4.68. The Morgan fingerprint density at radius 2 is 1.67 bits per heavy atom. The van der Waals surface area contributed by atoms with Gasteiger partial charge in [-0.3, -0.25) is 4.90 Å². The first-order valence-electron chi connectivity index (χ1n) is 7.01. The van der Waals surface area contributed by atoms with Crippen molar-refractivity contribution in [2.75, 3.05) is 36.8 Å². The van der Waals surface area contributed by atoms with Crippen molar-refractivity contribution in [1.82, 2.24) is 4.90 Å². The number of nitrogen functional groups attached to an aromatic ring is 1. The molecule has 0 amide bonds. The lowest BCUT2D eigenvalue weighted by molar-refractivity contribution is 0.128. The lowest BCUT2D eigenvalue weighted by Crippen LogP contribution is -2.53. The monoisotopic (exact) mass is 312 g/mol. The standard InChI is InChI=1S/C14H24N4O2S/c1-14(2,3)18-8-6-17(7-9-18)13-5-4-11(10-12(13)15)21(16,19)20/h4-5,10H,6-9,15H2,1-3H3,(H2,16,19,20). The van der Waals surface area contributed by atoms with Crippen LogP contribution in [0.25, 0.3) is 0 Å². The van der Waals surface area contributed by atoms with Gasteiger partial charge >= 0.3 is 0 Å². The molecule has 0 unspecified atom stereocenters. The maximum Gasteiger partial charge on any atom is 0.238 e. The van der Waals surface area contributed by atoms with Crippen LogP contribution in [0, 0.1) is 0 Å². The van der Waals surface area contributed by atoms with Crippen molar-refractivity contribution < 1.29 is 8.42 Å². The maximum atomic E-state index is 11.3. The number of primary sulfonamides is 1. The van der Waals surface area contributed by atoms with E-state index in [0.29, 0.717) is 5.69 Å². The van der Waals surface area contributed by atoms with Gasteiger partial charge in [-0.25, -0.2) is 13.6 Å². The van der Waals surface area contributed by atoms with E-state index in [1.54, 1.807) is 6.07 Å². The molecule has 4 N–H and O–H groups in total. The number of hydrogen-bond donors (Lipinski definition) is 2. The van der Waals surface area contributed by atoms with Crippen LogP contribution >= 0.6 is 0 Å². The number of nitrogens with zero attached hydrogens (tertiary/aromatic N) is 2. The van der Waals surface area contributed by atoms with Crippen molar-refractivity contribution in [3.05, 3.63) is 18.2 Å². The summed E-state index contributed by atoms with van der Waals surface area (Å²) in [6.45, 7) is 10.3. The van der Waals surface area contributed by atoms with Crippen LogP contribution in [-0.2, 0) is 10.0 Å². The molecule has 1 aliphatic rings. The zero-order valence-corrected chi connectivity index (χ0v) is 13.7. The average Bonchev–Trinajstić information content (AvgIpc) is 2.36. The summed E-state index contributed by atoms with van der Waals surface area (Å²) in [4.78, 5) is 4.67. The Balaban J connectivity index is 2.15. The van der Waals surface area contributed by atoms with Gasteiger partial charge in [0.05, 0.1) is 16.3 Å². The summed E-state index contributed by atoms with van der Waals surface area (Å²) in [6.07, 6.45) is 0. The van der Waals surface area contributed by atoms with E-state index in [4.69, 9.17) is 10.9 Å². The Bertz CT molecular complexity index is 614. The third-order valence-electron chi connectivity index (χ3n) is 3.90. The van der Waals surface area contributed by atoms with E-state index < -0.39 is 10.0 Å². The SMILES string of the molecule is CC(C)(C)N1CCN(c2ccc(S(N)(=O)=O)cc2N)CC1. The molecular formula is C14H24N4O2S. The summed E-state index contributed by atoms with van der Waals surface area (Å²) < 4.78 is 22.7. The molecule has 0 saturated carbocycles. The van der Waals surface area contributed by atoms with Gasteiger partial charge < -0.3 is 10.6 Å². The van der Waals surface area contributed by atoms with Gasteiger partial charge in [-0.1, -0.05) is 0 Å². The molecule has 1 aromatic carbocycles. The van der Waals surface area contributed by atoms with Gasteiger partial charge in [-0.2, -0.15) is 0 Å². The topological polar surface area (TPSA) is 92.7 Å². The maximum absolute atomic E-state index is 11.3. The Morgan fingerprint density at radius 1 is 1.10 bits per heavy atom. The highest BCUT2D eigenvalue weighted by atomic mass is 32.2. The van der Waals surface area contributed by atoms with Gasteiger partial charge in [0.25, 0.3) is 0 Å². The number of hydrogen-bond acceptors (Lipinski definition) is 5. The van der Waals surface area contributed by atoms with Crippen LogP contribution in [0.3, 0.4) is 0 Å². The fraction of sp³-hybridized carbons (Fsp3) is 0.571. The van der Waals surface area contributed by atoms with Crippen molar-refractivity contribution in [1.29, 1.82) is 0 Å². The Hall–Kier alpha value is -1.31. The number of sulfonamides is 1. The summed E-state index contributed by atoms with van der Waals surface area (Å²) in [5, 5.41) is 5.12. The minimum atomic E-state index is -3.71. The molecule has 7 heteroatoms. The highest BCUT2D eigenvalue weighted by Gasteiger charge is 2.26. The minimum Gasteiger partial charge on any atom is -0.397 e. The van der Waals surface area contributed by atoms with Crippen LogP contribution in [0.4, 0.5) is 11.4 Å². The quantitative estimate of drug-likeness (QED) is 0.789. The molecule has 1 heterocycles. The smallest absolute Gasteiger partial charge is 0.238 e. The number of piperazine rings is 1. The fourth-order valence-electron chi connectivity index (χ4n) is 2.62. The number of anilines is 2. The Labute approximate surface area is 126 Å². The zero-order valence-electron chi connectivity index (χ0n) is 12.8. The van der Waals surface area contributed by atoms with Gasteiger partial charge in [-0.15, -0.1) is 0 Å². The molecule has 1 fully saturated rings. The van der Waals surface area contributed by atoms with Gasteiger partial charge in [0.2, 0.25) is 10.0 Å². The highest BCUT2D eigenvalue weighted by molar-refractivity contribution is 7.89. The van der Waals surface area contributed by atoms with Gasteiger partial charge in [0, 0.05) is 31.7 Å². The molecule has 0 atom stereocenters. The third-order valence-corrected chi connectivity index (χ3v) is 4.81. The van der Waals surface area contributed by atoms with Crippen molar-refractivity contribution in [2.24, 2.45) is 5.14 Å². The van der Waals surface area contributed by atoms with Crippen LogP contribution in [0.1, 0.15) is 20.8 Å². The summed E-state index contributed by atoms with van der Waals surface area (Å²) in [5.41, 5.74) is 7.48. The second-order valence-electron chi connectivity index (χ2n) is 6.41. The molecule has 1 aliphatic heterocycles. The zero-order chi connectivity index (χ0) is 15.8. The molecule has 118 valence electrons. The predicted octanol–water partition coefficient (Wildman–Crippen LogP) is 0.837. The van der Waals surface area contributed by atoms with E-state index in [0.717, 1.165) is 31.9 Å². The van der Waals surface area contributed by atoms with Gasteiger partial charge in [0.15, 0.2) is 0 Å². The first-order valence-corrected chi connectivity index (χ1v) is 8.56. The summed E-state index contributed by atoms with van der Waals surface area (Å²) in [5.74, 6) is 0. The van der Waals surface area contributed by atoms with Gasteiger partial charge in [0.1, 0.15) is 0 Å². The highest BCUT2D eigenvalue weighted by Crippen LogP contribution is 2.28. The molecule has 0 aromatic heterocycles. The van der Waals surface area contributed by atoms with Gasteiger partial charge in [-0.05, 0) is 39.0 Å². The Morgan fingerprint density at radius 3 is 2.10 bits per heavy atom. The second-order valence-corrected chi connectivity index (χ2v) is 7.97. The van der Waals surface area contributed by atoms with E-state index in [2.05, 4.69) is 30.6 Å². The first kappa shape index (κ1) is 16.1. The predicted molar refractivity (Wildman–Crippen MR) is 85.8 cm³/mol. The molecule has 6 nitrogen and oxygen atoms in total. The van der Waals surface area contributed by atoms with Crippen molar-refractivity contribution in [2.45, 2.75) is 31.2 Å². The van der Waals surface area contributed by atoms with Crippen molar-refractivity contribution in [3.8, 4) is 0 Å².